The van der Waals surface area contributed by atoms with E-state index in [-0.39, 0.29) is 5.41 Å². The van der Waals surface area contributed by atoms with E-state index in [1.54, 1.807) is 0 Å². The number of amides is 1. The third-order valence-electron chi connectivity index (χ3n) is 4.99. The van der Waals surface area contributed by atoms with E-state index in [1.807, 2.05) is 0 Å². The smallest absolute Gasteiger partial charge is 0.223 e. The zero-order valence-corrected chi connectivity index (χ0v) is 14.1. The third-order valence-corrected chi connectivity index (χ3v) is 4.99. The fourth-order valence-electron chi connectivity index (χ4n) is 3.56. The predicted molar refractivity (Wildman–Crippen MR) is 85.5 cm³/mol. The van der Waals surface area contributed by atoms with Crippen LogP contribution in [-0.2, 0) is 4.79 Å². The van der Waals surface area contributed by atoms with Gasteiger partial charge in [-0.2, -0.15) is 0 Å². The molecule has 20 heavy (non-hydrogen) atoms. The van der Waals surface area contributed by atoms with Crippen molar-refractivity contribution in [3.05, 3.63) is 0 Å². The summed E-state index contributed by atoms with van der Waals surface area (Å²) in [4.78, 5) is 14.7. The Labute approximate surface area is 125 Å². The summed E-state index contributed by atoms with van der Waals surface area (Å²) in [5.74, 6) is 0.891. The minimum atomic E-state index is 0.237. The Morgan fingerprint density at radius 1 is 1.30 bits per heavy atom. The SMILES string of the molecule is CCC1CCC(C)N1C(=O)CCC(CCN)C(C)(C)C. The van der Waals surface area contributed by atoms with Crippen LogP contribution in [0.1, 0.15) is 73.1 Å². The van der Waals surface area contributed by atoms with Gasteiger partial charge < -0.3 is 10.6 Å². The zero-order chi connectivity index (χ0) is 15.3. The second-order valence-corrected chi connectivity index (χ2v) is 7.47. The Bertz CT molecular complexity index is 309. The van der Waals surface area contributed by atoms with Crippen LogP contribution in [0.2, 0.25) is 0 Å². The van der Waals surface area contributed by atoms with Gasteiger partial charge >= 0.3 is 0 Å². The molecule has 0 spiro atoms. The van der Waals surface area contributed by atoms with Crippen LogP contribution in [0.5, 0.6) is 0 Å². The monoisotopic (exact) mass is 282 g/mol. The standard InChI is InChI=1S/C17H34N2O/c1-6-15-9-7-13(2)19(15)16(20)10-8-14(11-12-18)17(3,4)5/h13-15H,6-12,18H2,1-5H3. The van der Waals surface area contributed by atoms with Gasteiger partial charge in [0.15, 0.2) is 0 Å². The van der Waals surface area contributed by atoms with E-state index in [2.05, 4.69) is 39.5 Å². The van der Waals surface area contributed by atoms with Crippen LogP contribution in [-0.4, -0.2) is 29.4 Å². The second kappa shape index (κ2) is 7.44. The van der Waals surface area contributed by atoms with Gasteiger partial charge in [0, 0.05) is 18.5 Å². The molecule has 1 aliphatic heterocycles. The van der Waals surface area contributed by atoms with E-state index >= 15 is 0 Å². The lowest BCUT2D eigenvalue weighted by Crippen LogP contribution is -2.40. The second-order valence-electron chi connectivity index (χ2n) is 7.47. The van der Waals surface area contributed by atoms with Crippen LogP contribution >= 0.6 is 0 Å². The maximum Gasteiger partial charge on any atom is 0.223 e. The molecule has 0 aromatic rings. The van der Waals surface area contributed by atoms with Gasteiger partial charge in [-0.15, -0.1) is 0 Å². The summed E-state index contributed by atoms with van der Waals surface area (Å²) in [6.07, 6.45) is 6.09. The van der Waals surface area contributed by atoms with Gasteiger partial charge in [-0.05, 0) is 56.9 Å². The molecule has 3 atom stereocenters. The number of likely N-dealkylation sites (tertiary alicyclic amines) is 1. The number of hydrogen-bond acceptors (Lipinski definition) is 2. The summed E-state index contributed by atoms with van der Waals surface area (Å²) in [5, 5.41) is 0. The van der Waals surface area contributed by atoms with Crippen molar-refractivity contribution in [2.45, 2.75) is 85.2 Å². The Kier molecular flexibility index (Phi) is 6.50. The number of nitrogens with zero attached hydrogens (tertiary/aromatic N) is 1. The highest BCUT2D eigenvalue weighted by Crippen LogP contribution is 2.33. The van der Waals surface area contributed by atoms with E-state index in [4.69, 9.17) is 5.73 Å². The molecule has 0 aliphatic carbocycles. The van der Waals surface area contributed by atoms with Gasteiger partial charge in [-0.1, -0.05) is 27.7 Å². The van der Waals surface area contributed by atoms with E-state index < -0.39 is 0 Å². The van der Waals surface area contributed by atoms with Crippen LogP contribution in [0.15, 0.2) is 0 Å². The number of carbonyl (C=O) groups is 1. The fourth-order valence-corrected chi connectivity index (χ4v) is 3.56. The van der Waals surface area contributed by atoms with Gasteiger partial charge in [0.05, 0.1) is 0 Å². The average Bonchev–Trinajstić information content (AvgIpc) is 2.73. The van der Waals surface area contributed by atoms with Gasteiger partial charge in [0.1, 0.15) is 0 Å². The molecule has 1 aliphatic rings. The van der Waals surface area contributed by atoms with Crippen molar-refractivity contribution in [3.63, 3.8) is 0 Å². The molecule has 118 valence electrons. The predicted octanol–water partition coefficient (Wildman–Crippen LogP) is 3.57. The lowest BCUT2D eigenvalue weighted by Gasteiger charge is -2.32. The van der Waals surface area contributed by atoms with E-state index in [9.17, 15) is 4.79 Å². The Balaban J connectivity index is 2.56. The molecule has 1 heterocycles. The van der Waals surface area contributed by atoms with Crippen molar-refractivity contribution in [1.29, 1.82) is 0 Å². The molecule has 1 saturated heterocycles. The van der Waals surface area contributed by atoms with Crippen molar-refractivity contribution in [3.8, 4) is 0 Å². The van der Waals surface area contributed by atoms with Crippen LogP contribution < -0.4 is 5.73 Å². The Hall–Kier alpha value is -0.570. The van der Waals surface area contributed by atoms with Gasteiger partial charge in [-0.3, -0.25) is 4.79 Å². The molecule has 1 fully saturated rings. The molecular formula is C17H34N2O. The molecule has 0 saturated carbocycles. The first kappa shape index (κ1) is 17.5. The van der Waals surface area contributed by atoms with Crippen molar-refractivity contribution < 1.29 is 4.79 Å². The highest BCUT2D eigenvalue weighted by Gasteiger charge is 2.33. The van der Waals surface area contributed by atoms with Crippen LogP contribution in [0.25, 0.3) is 0 Å². The summed E-state index contributed by atoms with van der Waals surface area (Å²) in [6, 6.07) is 0.898. The normalized spacial score (nSPS) is 25.0. The van der Waals surface area contributed by atoms with Gasteiger partial charge in [0.25, 0.3) is 0 Å². The van der Waals surface area contributed by atoms with Crippen molar-refractivity contribution in [2.24, 2.45) is 17.1 Å². The summed E-state index contributed by atoms with van der Waals surface area (Å²) in [6.45, 7) is 11.9. The topological polar surface area (TPSA) is 46.3 Å². The zero-order valence-electron chi connectivity index (χ0n) is 14.1. The maximum absolute atomic E-state index is 12.6. The van der Waals surface area contributed by atoms with Crippen LogP contribution in [0, 0.1) is 11.3 Å². The molecule has 3 unspecified atom stereocenters. The highest BCUT2D eigenvalue weighted by molar-refractivity contribution is 5.77. The van der Waals surface area contributed by atoms with Crippen LogP contribution in [0.3, 0.4) is 0 Å². The first-order chi connectivity index (χ1) is 9.31. The molecule has 2 N–H and O–H groups in total. The minimum absolute atomic E-state index is 0.237. The quantitative estimate of drug-likeness (QED) is 0.809. The summed E-state index contributed by atoms with van der Waals surface area (Å²) in [7, 11) is 0. The summed E-state index contributed by atoms with van der Waals surface area (Å²) in [5.41, 5.74) is 5.96. The van der Waals surface area contributed by atoms with Crippen molar-refractivity contribution in [2.75, 3.05) is 6.54 Å². The molecule has 3 nitrogen and oxygen atoms in total. The molecule has 0 radical (unpaired) electrons. The Morgan fingerprint density at radius 3 is 2.45 bits per heavy atom. The third kappa shape index (κ3) is 4.47. The van der Waals surface area contributed by atoms with E-state index in [1.165, 1.54) is 6.42 Å². The molecule has 0 bridgehead atoms. The average molecular weight is 282 g/mol. The fraction of sp³-hybridized carbons (Fsp3) is 0.941. The molecule has 0 aromatic heterocycles. The number of hydrogen-bond donors (Lipinski definition) is 1. The van der Waals surface area contributed by atoms with Gasteiger partial charge in [0.2, 0.25) is 5.91 Å². The van der Waals surface area contributed by atoms with E-state index in [0.29, 0.717) is 36.9 Å². The molecule has 0 aromatic carbocycles. The largest absolute Gasteiger partial charge is 0.337 e. The highest BCUT2D eigenvalue weighted by atomic mass is 16.2. The molecule has 1 rings (SSSR count). The summed E-state index contributed by atoms with van der Waals surface area (Å²) < 4.78 is 0. The Morgan fingerprint density at radius 2 is 1.95 bits per heavy atom. The van der Waals surface area contributed by atoms with Gasteiger partial charge in [-0.25, -0.2) is 0 Å². The number of nitrogens with two attached hydrogens (primary N) is 1. The number of carbonyl (C=O) groups excluding carboxylic acids is 1. The first-order valence-corrected chi connectivity index (χ1v) is 8.32. The maximum atomic E-state index is 12.6. The van der Waals surface area contributed by atoms with Crippen molar-refractivity contribution >= 4 is 5.91 Å². The minimum Gasteiger partial charge on any atom is -0.337 e. The van der Waals surface area contributed by atoms with E-state index in [0.717, 1.165) is 25.7 Å². The lowest BCUT2D eigenvalue weighted by molar-refractivity contribution is -0.134. The lowest BCUT2D eigenvalue weighted by atomic mass is 9.76. The molecule has 3 heteroatoms. The molecular weight excluding hydrogens is 248 g/mol. The molecule has 1 amide bonds. The first-order valence-electron chi connectivity index (χ1n) is 8.32. The van der Waals surface area contributed by atoms with Crippen LogP contribution in [0.4, 0.5) is 0 Å². The van der Waals surface area contributed by atoms with Crippen molar-refractivity contribution in [1.82, 2.24) is 4.90 Å². The summed E-state index contributed by atoms with van der Waals surface area (Å²) >= 11 is 0. The number of rotatable bonds is 6.